The first kappa shape index (κ1) is 27.4. The number of hydrogen-bond acceptors (Lipinski definition) is 7. The second kappa shape index (κ2) is 11.5. The van der Waals surface area contributed by atoms with E-state index in [1.54, 1.807) is 23.6 Å². The molecule has 0 saturated carbocycles. The smallest absolute Gasteiger partial charge is 0.261 e. The van der Waals surface area contributed by atoms with Crippen molar-refractivity contribution in [3.63, 3.8) is 0 Å². The zero-order chi connectivity index (χ0) is 29.1. The highest BCUT2D eigenvalue weighted by Crippen LogP contribution is 2.31. The summed E-state index contributed by atoms with van der Waals surface area (Å²) in [6, 6.07) is 12.4. The van der Waals surface area contributed by atoms with Gasteiger partial charge in [0.15, 0.2) is 17.3 Å². The van der Waals surface area contributed by atoms with Gasteiger partial charge in [-0.05, 0) is 36.8 Å². The van der Waals surface area contributed by atoms with E-state index in [0.29, 0.717) is 28.0 Å². The van der Waals surface area contributed by atoms with Crippen LogP contribution in [0.5, 0.6) is 17.2 Å². The second-order valence-electron chi connectivity index (χ2n) is 9.01. The third kappa shape index (κ3) is 5.61. The zero-order valence-corrected chi connectivity index (χ0v) is 22.0. The van der Waals surface area contributed by atoms with Crippen molar-refractivity contribution in [1.29, 1.82) is 0 Å². The van der Waals surface area contributed by atoms with Crippen LogP contribution in [0.2, 0.25) is 0 Å². The molecule has 2 N–H and O–H groups in total. The molecule has 0 bridgehead atoms. The van der Waals surface area contributed by atoms with Gasteiger partial charge >= 0.3 is 0 Å². The predicted octanol–water partition coefficient (Wildman–Crippen LogP) is 5.09. The molecule has 5 aromatic rings. The topological polar surface area (TPSA) is 116 Å². The highest BCUT2D eigenvalue weighted by Gasteiger charge is 2.20. The number of halogens is 2. The minimum atomic E-state index is -0.781. The fraction of sp³-hybridized carbons (Fsp3) is 0.133. The molecule has 3 aromatic heterocycles. The number of hydrogen-bond donors (Lipinski definition) is 2. The molecule has 41 heavy (non-hydrogen) atoms. The summed E-state index contributed by atoms with van der Waals surface area (Å²) >= 11 is 0. The standard InChI is InChI=1S/C30H24F2N4O5/c1-17-27(18-3-5-19(31)6-4-18)29(38)22(16-36(17)11-12-37)30(39)35-20-7-8-25(23(32)13-20)41-26-9-10-33-24-14-21(40-2)15-34-28(24)26/h3-10,13-16,37H,11-12H2,1-2H3,(H,35,39). The second-order valence-corrected chi connectivity index (χ2v) is 9.01. The molecule has 3 heterocycles. The molecule has 0 spiro atoms. The zero-order valence-electron chi connectivity index (χ0n) is 22.0. The Hall–Kier alpha value is -5.16. The largest absolute Gasteiger partial charge is 0.495 e. The van der Waals surface area contributed by atoms with E-state index < -0.39 is 23.0 Å². The first-order valence-electron chi connectivity index (χ1n) is 12.5. The number of nitrogens with zero attached hydrogens (tertiary/aromatic N) is 3. The number of anilines is 1. The van der Waals surface area contributed by atoms with Gasteiger partial charge in [0.05, 0.1) is 25.4 Å². The summed E-state index contributed by atoms with van der Waals surface area (Å²) in [5.41, 5.74) is 1.27. The Balaban J connectivity index is 1.43. The Kier molecular flexibility index (Phi) is 7.70. The Bertz CT molecular complexity index is 1820. The summed E-state index contributed by atoms with van der Waals surface area (Å²) in [5.74, 6) is -1.36. The first-order valence-corrected chi connectivity index (χ1v) is 12.5. The quantitative estimate of drug-likeness (QED) is 0.273. The van der Waals surface area contributed by atoms with E-state index in [9.17, 15) is 19.1 Å². The summed E-state index contributed by atoms with van der Waals surface area (Å²) in [5, 5.41) is 12.0. The number of pyridine rings is 3. The van der Waals surface area contributed by atoms with Crippen LogP contribution in [0.3, 0.4) is 0 Å². The number of fused-ring (bicyclic) bond motifs is 1. The van der Waals surface area contributed by atoms with E-state index >= 15 is 4.39 Å². The lowest BCUT2D eigenvalue weighted by atomic mass is 10.0. The molecule has 9 nitrogen and oxygen atoms in total. The van der Waals surface area contributed by atoms with Crippen LogP contribution in [-0.2, 0) is 6.54 Å². The lowest BCUT2D eigenvalue weighted by Crippen LogP contribution is -2.26. The van der Waals surface area contributed by atoms with Crippen molar-refractivity contribution in [1.82, 2.24) is 14.5 Å². The summed E-state index contributed by atoms with van der Waals surface area (Å²) in [4.78, 5) is 35.1. The maximum absolute atomic E-state index is 15.1. The SMILES string of the molecule is COc1cnc2c(Oc3ccc(NC(=O)c4cn(CCO)c(C)c(-c5ccc(F)cc5)c4=O)cc3F)ccnc2c1. The number of aliphatic hydroxyl groups excluding tert-OH is 1. The van der Waals surface area contributed by atoms with Crippen LogP contribution in [0.25, 0.3) is 22.2 Å². The van der Waals surface area contributed by atoms with Crippen molar-refractivity contribution in [2.24, 2.45) is 0 Å². The lowest BCUT2D eigenvalue weighted by molar-refractivity contribution is 0.102. The molecule has 1 amide bonds. The van der Waals surface area contributed by atoms with E-state index in [-0.39, 0.29) is 41.5 Å². The van der Waals surface area contributed by atoms with Crippen LogP contribution in [-0.4, -0.2) is 39.3 Å². The monoisotopic (exact) mass is 558 g/mol. The molecule has 0 radical (unpaired) electrons. The van der Waals surface area contributed by atoms with Gasteiger partial charge < -0.3 is 24.5 Å². The minimum absolute atomic E-state index is 0.0827. The summed E-state index contributed by atoms with van der Waals surface area (Å²) < 4.78 is 41.0. The third-order valence-corrected chi connectivity index (χ3v) is 6.43. The van der Waals surface area contributed by atoms with E-state index in [0.717, 1.165) is 6.07 Å². The molecule has 0 atom stereocenters. The van der Waals surface area contributed by atoms with E-state index in [1.165, 1.54) is 62.1 Å². The van der Waals surface area contributed by atoms with Crippen molar-refractivity contribution < 1.29 is 28.2 Å². The molecule has 2 aromatic carbocycles. The summed E-state index contributed by atoms with van der Waals surface area (Å²) in [7, 11) is 1.51. The van der Waals surface area contributed by atoms with Crippen molar-refractivity contribution in [2.75, 3.05) is 19.0 Å². The van der Waals surface area contributed by atoms with Crippen molar-refractivity contribution in [2.45, 2.75) is 13.5 Å². The lowest BCUT2D eigenvalue weighted by Gasteiger charge is -2.16. The van der Waals surface area contributed by atoms with Gasteiger partial charge in [-0.3, -0.25) is 14.6 Å². The fourth-order valence-electron chi connectivity index (χ4n) is 4.37. The van der Waals surface area contributed by atoms with Gasteiger partial charge in [-0.15, -0.1) is 0 Å². The molecule has 11 heteroatoms. The van der Waals surface area contributed by atoms with E-state index in [2.05, 4.69) is 15.3 Å². The predicted molar refractivity (Wildman–Crippen MR) is 148 cm³/mol. The fourth-order valence-corrected chi connectivity index (χ4v) is 4.37. The molecular weight excluding hydrogens is 534 g/mol. The molecule has 0 unspecified atom stereocenters. The van der Waals surface area contributed by atoms with Gasteiger partial charge in [0.2, 0.25) is 5.43 Å². The van der Waals surface area contributed by atoms with Crippen LogP contribution < -0.4 is 20.2 Å². The summed E-state index contributed by atoms with van der Waals surface area (Å²) in [6.45, 7) is 1.55. The van der Waals surface area contributed by atoms with Gasteiger partial charge in [-0.2, -0.15) is 0 Å². The third-order valence-electron chi connectivity index (χ3n) is 6.43. The number of aromatic nitrogens is 3. The van der Waals surface area contributed by atoms with Crippen LogP contribution >= 0.6 is 0 Å². The average molecular weight is 559 g/mol. The number of carbonyl (C=O) groups excluding carboxylic acids is 1. The molecule has 0 aliphatic heterocycles. The van der Waals surface area contributed by atoms with Crippen LogP contribution in [0.1, 0.15) is 16.1 Å². The number of benzene rings is 2. The molecule has 0 aliphatic carbocycles. The van der Waals surface area contributed by atoms with Gasteiger partial charge in [0.25, 0.3) is 5.91 Å². The number of aliphatic hydroxyl groups is 1. The van der Waals surface area contributed by atoms with Gasteiger partial charge in [0.1, 0.15) is 22.6 Å². The molecule has 5 rings (SSSR count). The molecule has 208 valence electrons. The van der Waals surface area contributed by atoms with Crippen molar-refractivity contribution >= 4 is 22.6 Å². The number of nitrogens with one attached hydrogen (secondary N) is 1. The Morgan fingerprint density at radius 1 is 1.05 bits per heavy atom. The molecule has 0 aliphatic rings. The highest BCUT2D eigenvalue weighted by atomic mass is 19.1. The van der Waals surface area contributed by atoms with Crippen LogP contribution in [0, 0.1) is 18.6 Å². The molecule has 0 fully saturated rings. The highest BCUT2D eigenvalue weighted by molar-refractivity contribution is 6.04. The molecular formula is C30H24F2N4O5. The number of ether oxygens (including phenoxy) is 2. The normalized spacial score (nSPS) is 11.0. The van der Waals surface area contributed by atoms with E-state index in [1.807, 2.05) is 0 Å². The van der Waals surface area contributed by atoms with Gasteiger partial charge in [-0.25, -0.2) is 13.8 Å². The van der Waals surface area contributed by atoms with Crippen molar-refractivity contribution in [3.8, 4) is 28.4 Å². The van der Waals surface area contributed by atoms with E-state index in [4.69, 9.17) is 9.47 Å². The Morgan fingerprint density at radius 3 is 2.54 bits per heavy atom. The first-order chi connectivity index (χ1) is 19.8. The van der Waals surface area contributed by atoms with Gasteiger partial charge in [0, 0.05) is 54.1 Å². The maximum atomic E-state index is 15.1. The molecule has 0 saturated heterocycles. The average Bonchev–Trinajstić information content (AvgIpc) is 2.96. The van der Waals surface area contributed by atoms with Crippen molar-refractivity contribution in [3.05, 3.63) is 106 Å². The number of carbonyl (C=O) groups is 1. The number of methoxy groups -OCH3 is 1. The minimum Gasteiger partial charge on any atom is -0.495 e. The van der Waals surface area contributed by atoms with Gasteiger partial charge in [-0.1, -0.05) is 12.1 Å². The maximum Gasteiger partial charge on any atom is 0.261 e. The Morgan fingerprint density at radius 2 is 1.83 bits per heavy atom. The van der Waals surface area contributed by atoms with Crippen LogP contribution in [0.4, 0.5) is 14.5 Å². The Labute approximate surface area is 232 Å². The number of rotatable bonds is 8. The number of amides is 1. The summed E-state index contributed by atoms with van der Waals surface area (Å²) in [6.07, 6.45) is 4.32. The van der Waals surface area contributed by atoms with Crippen LogP contribution in [0.15, 0.2) is 78.0 Å².